The molecule has 0 aliphatic carbocycles. The molecule has 23 heavy (non-hydrogen) atoms. The Kier molecular flexibility index (Phi) is 4.09. The number of carbonyl (C=O) groups excluding carboxylic acids is 2. The number of halogens is 1. The molecule has 0 bridgehead atoms. The number of imide groups is 1. The van der Waals surface area contributed by atoms with E-state index in [-0.39, 0.29) is 18.2 Å². The summed E-state index contributed by atoms with van der Waals surface area (Å²) < 4.78 is 0. The number of benzene rings is 2. The number of hydrogen-bond donors (Lipinski definition) is 1. The topological polar surface area (TPSA) is 49.4 Å². The molecule has 118 valence electrons. The molecule has 1 unspecified atom stereocenters. The maximum absolute atomic E-state index is 12.7. The number of amides is 2. The number of nitrogens with one attached hydrogen (secondary N) is 1. The van der Waals surface area contributed by atoms with Crippen LogP contribution < -0.4 is 10.2 Å². The summed E-state index contributed by atoms with van der Waals surface area (Å²) in [6.45, 7) is 3.88. The summed E-state index contributed by atoms with van der Waals surface area (Å²) in [7, 11) is 0. The number of carbonyl (C=O) groups is 2. The van der Waals surface area contributed by atoms with Crippen LogP contribution in [0.4, 0.5) is 11.4 Å². The number of aryl methyl sites for hydroxylation is 2. The lowest BCUT2D eigenvalue weighted by molar-refractivity contribution is -0.121. The minimum absolute atomic E-state index is 0.122. The SMILES string of the molecule is Cc1ccc(N2C(=O)CC(Nc3ccccc3Cl)C2=O)c(C)c1. The molecular weight excluding hydrogens is 312 g/mol. The van der Waals surface area contributed by atoms with Crippen LogP contribution in [0.1, 0.15) is 17.5 Å². The minimum atomic E-state index is -0.594. The number of rotatable bonds is 3. The van der Waals surface area contributed by atoms with Crippen molar-refractivity contribution in [3.8, 4) is 0 Å². The van der Waals surface area contributed by atoms with Crippen LogP contribution >= 0.6 is 11.6 Å². The van der Waals surface area contributed by atoms with Crippen molar-refractivity contribution in [2.45, 2.75) is 26.3 Å². The van der Waals surface area contributed by atoms with Gasteiger partial charge in [0.2, 0.25) is 5.91 Å². The first-order valence-corrected chi connectivity index (χ1v) is 7.80. The molecule has 1 heterocycles. The fraction of sp³-hybridized carbons (Fsp3) is 0.222. The molecule has 2 aromatic carbocycles. The molecule has 1 aliphatic heterocycles. The summed E-state index contributed by atoms with van der Waals surface area (Å²) in [6.07, 6.45) is 0.122. The van der Waals surface area contributed by atoms with Gasteiger partial charge in [0, 0.05) is 0 Å². The van der Waals surface area contributed by atoms with Gasteiger partial charge in [-0.2, -0.15) is 0 Å². The quantitative estimate of drug-likeness (QED) is 0.874. The first kappa shape index (κ1) is 15.6. The lowest BCUT2D eigenvalue weighted by Gasteiger charge is -2.18. The van der Waals surface area contributed by atoms with Crippen molar-refractivity contribution in [2.75, 3.05) is 10.2 Å². The Morgan fingerprint density at radius 1 is 1.13 bits per heavy atom. The Morgan fingerprint density at radius 3 is 2.57 bits per heavy atom. The van der Waals surface area contributed by atoms with Crippen molar-refractivity contribution in [1.29, 1.82) is 0 Å². The van der Waals surface area contributed by atoms with Crippen LogP contribution in [0.2, 0.25) is 5.02 Å². The van der Waals surface area contributed by atoms with E-state index in [4.69, 9.17) is 11.6 Å². The second-order valence-corrected chi connectivity index (χ2v) is 6.15. The molecule has 1 fully saturated rings. The van der Waals surface area contributed by atoms with Crippen LogP contribution in [0.25, 0.3) is 0 Å². The molecule has 0 saturated carbocycles. The van der Waals surface area contributed by atoms with E-state index in [0.29, 0.717) is 16.4 Å². The van der Waals surface area contributed by atoms with Gasteiger partial charge in [0.05, 0.1) is 22.8 Å². The van der Waals surface area contributed by atoms with E-state index < -0.39 is 6.04 Å². The average Bonchev–Trinajstić information content (AvgIpc) is 2.77. The summed E-state index contributed by atoms with van der Waals surface area (Å²) in [5.41, 5.74) is 3.30. The summed E-state index contributed by atoms with van der Waals surface area (Å²) in [5.74, 6) is -0.451. The zero-order valence-electron chi connectivity index (χ0n) is 13.0. The smallest absolute Gasteiger partial charge is 0.256 e. The van der Waals surface area contributed by atoms with E-state index in [2.05, 4.69) is 5.32 Å². The molecule has 0 spiro atoms. The number of nitrogens with zero attached hydrogens (tertiary/aromatic N) is 1. The van der Waals surface area contributed by atoms with Gasteiger partial charge < -0.3 is 5.32 Å². The highest BCUT2D eigenvalue weighted by atomic mass is 35.5. The monoisotopic (exact) mass is 328 g/mol. The van der Waals surface area contributed by atoms with Crippen LogP contribution in [0.5, 0.6) is 0 Å². The van der Waals surface area contributed by atoms with Crippen LogP contribution in [0.3, 0.4) is 0 Å². The highest BCUT2D eigenvalue weighted by Gasteiger charge is 2.40. The fourth-order valence-corrected chi connectivity index (χ4v) is 3.01. The predicted octanol–water partition coefficient (Wildman–Crippen LogP) is 3.70. The molecule has 1 N–H and O–H groups in total. The summed E-state index contributed by atoms with van der Waals surface area (Å²) >= 11 is 6.11. The van der Waals surface area contributed by atoms with Crippen LogP contribution in [-0.2, 0) is 9.59 Å². The van der Waals surface area contributed by atoms with Gasteiger partial charge in [-0.3, -0.25) is 9.59 Å². The molecule has 1 atom stereocenters. The van der Waals surface area contributed by atoms with Crippen molar-refractivity contribution in [1.82, 2.24) is 0 Å². The maximum atomic E-state index is 12.7. The van der Waals surface area contributed by atoms with Crippen molar-refractivity contribution < 1.29 is 9.59 Å². The Balaban J connectivity index is 1.87. The zero-order chi connectivity index (χ0) is 16.6. The Hall–Kier alpha value is -2.33. The van der Waals surface area contributed by atoms with Gasteiger partial charge in [0.25, 0.3) is 5.91 Å². The van der Waals surface area contributed by atoms with Crippen LogP contribution in [0, 0.1) is 13.8 Å². The van der Waals surface area contributed by atoms with E-state index in [1.165, 1.54) is 4.90 Å². The lowest BCUT2D eigenvalue weighted by atomic mass is 10.1. The van der Waals surface area contributed by atoms with Gasteiger partial charge in [0.1, 0.15) is 6.04 Å². The summed E-state index contributed by atoms with van der Waals surface area (Å²) in [5, 5.41) is 3.60. The Bertz CT molecular complexity index is 788. The summed E-state index contributed by atoms with van der Waals surface area (Å²) in [6, 6.07) is 12.3. The average molecular weight is 329 g/mol. The van der Waals surface area contributed by atoms with Crippen LogP contribution in [-0.4, -0.2) is 17.9 Å². The fourth-order valence-electron chi connectivity index (χ4n) is 2.82. The second kappa shape index (κ2) is 6.05. The summed E-state index contributed by atoms with van der Waals surface area (Å²) in [4.78, 5) is 26.3. The van der Waals surface area contributed by atoms with Crippen molar-refractivity contribution in [3.05, 3.63) is 58.6 Å². The molecule has 2 aromatic rings. The first-order chi connectivity index (χ1) is 11.0. The predicted molar refractivity (Wildman–Crippen MR) is 91.9 cm³/mol. The van der Waals surface area contributed by atoms with E-state index >= 15 is 0 Å². The third kappa shape index (κ3) is 2.94. The maximum Gasteiger partial charge on any atom is 0.256 e. The van der Waals surface area contributed by atoms with E-state index in [1.807, 2.05) is 44.2 Å². The van der Waals surface area contributed by atoms with Gasteiger partial charge >= 0.3 is 0 Å². The molecule has 5 heteroatoms. The normalized spacial score (nSPS) is 17.7. The Morgan fingerprint density at radius 2 is 1.87 bits per heavy atom. The molecule has 3 rings (SSSR count). The van der Waals surface area contributed by atoms with E-state index in [9.17, 15) is 9.59 Å². The van der Waals surface area contributed by atoms with Crippen molar-refractivity contribution in [3.63, 3.8) is 0 Å². The van der Waals surface area contributed by atoms with E-state index in [1.54, 1.807) is 12.1 Å². The molecule has 2 amide bonds. The third-order valence-corrected chi connectivity index (χ3v) is 4.27. The number of para-hydroxylation sites is 1. The third-order valence-electron chi connectivity index (χ3n) is 3.94. The molecule has 1 aliphatic rings. The van der Waals surface area contributed by atoms with E-state index in [0.717, 1.165) is 11.1 Å². The van der Waals surface area contributed by atoms with Crippen molar-refractivity contribution >= 4 is 34.8 Å². The van der Waals surface area contributed by atoms with Gasteiger partial charge in [-0.05, 0) is 37.6 Å². The number of anilines is 2. The highest BCUT2D eigenvalue weighted by molar-refractivity contribution is 6.33. The van der Waals surface area contributed by atoms with Crippen LogP contribution in [0.15, 0.2) is 42.5 Å². The Labute approximate surface area is 140 Å². The minimum Gasteiger partial charge on any atom is -0.372 e. The molecule has 4 nitrogen and oxygen atoms in total. The zero-order valence-corrected chi connectivity index (χ0v) is 13.7. The first-order valence-electron chi connectivity index (χ1n) is 7.42. The van der Waals surface area contributed by atoms with Gasteiger partial charge in [0.15, 0.2) is 0 Å². The molecule has 1 saturated heterocycles. The second-order valence-electron chi connectivity index (χ2n) is 5.74. The molecule has 0 aromatic heterocycles. The number of hydrogen-bond acceptors (Lipinski definition) is 3. The van der Waals surface area contributed by atoms with Gasteiger partial charge in [-0.25, -0.2) is 4.90 Å². The standard InChI is InChI=1S/C18H17ClN2O2/c1-11-7-8-16(12(2)9-11)21-17(22)10-15(18(21)23)20-14-6-4-3-5-13(14)19/h3-9,15,20H,10H2,1-2H3. The molecule has 0 radical (unpaired) electrons. The van der Waals surface area contributed by atoms with Crippen molar-refractivity contribution in [2.24, 2.45) is 0 Å². The van der Waals surface area contributed by atoms with Gasteiger partial charge in [-0.1, -0.05) is 41.4 Å². The largest absolute Gasteiger partial charge is 0.372 e. The highest BCUT2D eigenvalue weighted by Crippen LogP contribution is 2.29. The molecular formula is C18H17ClN2O2. The van der Waals surface area contributed by atoms with Gasteiger partial charge in [-0.15, -0.1) is 0 Å². The lowest BCUT2D eigenvalue weighted by Crippen LogP contribution is -2.35.